The van der Waals surface area contributed by atoms with Crippen LogP contribution in [-0.2, 0) is 17.0 Å². The Morgan fingerprint density at radius 2 is 2.11 bits per heavy atom. The van der Waals surface area contributed by atoms with Crippen molar-refractivity contribution in [3.63, 3.8) is 0 Å². The molecule has 5 nitrogen and oxygen atoms in total. The van der Waals surface area contributed by atoms with E-state index in [0.29, 0.717) is 18.7 Å². The molecular weight excluding hydrogens is 269 g/mol. The highest BCUT2D eigenvalue weighted by molar-refractivity contribution is 7.84. The van der Waals surface area contributed by atoms with Gasteiger partial charge in [-0.25, -0.2) is 4.98 Å². The van der Waals surface area contributed by atoms with Gasteiger partial charge in [-0.1, -0.05) is 0 Å². The third-order valence-electron chi connectivity index (χ3n) is 1.95. The van der Waals surface area contributed by atoms with Gasteiger partial charge in [0.25, 0.3) is 0 Å². The number of hydrogen-bond acceptors (Lipinski definition) is 5. The van der Waals surface area contributed by atoms with Crippen molar-refractivity contribution in [2.24, 2.45) is 0 Å². The van der Waals surface area contributed by atoms with E-state index in [1.54, 1.807) is 6.26 Å². The molecule has 1 atom stereocenters. The van der Waals surface area contributed by atoms with Gasteiger partial charge in [-0.3, -0.25) is 4.21 Å². The monoisotopic (exact) mass is 282 g/mol. The molecule has 1 aromatic heterocycles. The van der Waals surface area contributed by atoms with Gasteiger partial charge in [-0.15, -0.1) is 0 Å². The molecule has 0 aliphatic rings. The van der Waals surface area contributed by atoms with E-state index in [1.165, 1.54) is 0 Å². The predicted molar refractivity (Wildman–Crippen MR) is 63.5 cm³/mol. The molecule has 18 heavy (non-hydrogen) atoms. The van der Waals surface area contributed by atoms with Gasteiger partial charge >= 0.3 is 6.18 Å². The maximum absolute atomic E-state index is 12.4. The average Bonchev–Trinajstić information content (AvgIpc) is 2.22. The fraction of sp³-hybridized carbons (Fsp3) is 0.556. The third-order valence-corrected chi connectivity index (χ3v) is 2.81. The Kier molecular flexibility index (Phi) is 4.88. The van der Waals surface area contributed by atoms with E-state index in [4.69, 9.17) is 5.73 Å². The first-order valence-electron chi connectivity index (χ1n) is 5.04. The van der Waals surface area contributed by atoms with Crippen molar-refractivity contribution in [3.05, 3.63) is 11.8 Å². The van der Waals surface area contributed by atoms with Crippen molar-refractivity contribution >= 4 is 22.6 Å². The fourth-order valence-electron chi connectivity index (χ4n) is 1.19. The van der Waals surface area contributed by atoms with Gasteiger partial charge in [0.1, 0.15) is 5.82 Å². The standard InChI is InChI=1S/C9H13F3N4OS/c1-18(17)4-2-3-14-7-5-6(9(10,11)12)15-8(13)16-7/h5H,2-4H2,1H3,(H3,13,14,15,16). The number of nitrogens with two attached hydrogens (primary N) is 1. The minimum atomic E-state index is -4.56. The van der Waals surface area contributed by atoms with E-state index in [9.17, 15) is 17.4 Å². The molecular formula is C9H13F3N4OS. The number of nitrogen functional groups attached to an aromatic ring is 1. The Hall–Kier alpha value is -1.38. The zero-order chi connectivity index (χ0) is 13.8. The summed E-state index contributed by atoms with van der Waals surface area (Å²) in [5.74, 6) is 0.0442. The van der Waals surface area contributed by atoms with Crippen LogP contribution in [0.25, 0.3) is 0 Å². The fourth-order valence-corrected chi connectivity index (χ4v) is 1.74. The first-order chi connectivity index (χ1) is 8.29. The van der Waals surface area contributed by atoms with Crippen molar-refractivity contribution in [1.29, 1.82) is 0 Å². The van der Waals surface area contributed by atoms with Crippen LogP contribution < -0.4 is 11.1 Å². The Balaban J connectivity index is 2.66. The SMILES string of the molecule is CS(=O)CCCNc1cc(C(F)(F)F)nc(N)n1. The maximum Gasteiger partial charge on any atom is 0.433 e. The van der Waals surface area contributed by atoms with E-state index >= 15 is 0 Å². The number of halogens is 3. The molecule has 1 rings (SSSR count). The lowest BCUT2D eigenvalue weighted by Gasteiger charge is -2.09. The van der Waals surface area contributed by atoms with Crippen LogP contribution in [0.15, 0.2) is 6.07 Å². The van der Waals surface area contributed by atoms with Gasteiger partial charge in [0, 0.05) is 35.4 Å². The van der Waals surface area contributed by atoms with Crippen LogP contribution in [0.2, 0.25) is 0 Å². The summed E-state index contributed by atoms with van der Waals surface area (Å²) >= 11 is 0. The number of nitrogens with zero attached hydrogens (tertiary/aromatic N) is 2. The quantitative estimate of drug-likeness (QED) is 0.795. The van der Waals surface area contributed by atoms with Gasteiger partial charge < -0.3 is 11.1 Å². The van der Waals surface area contributed by atoms with Crippen molar-refractivity contribution in [2.45, 2.75) is 12.6 Å². The summed E-state index contributed by atoms with van der Waals surface area (Å²) in [6.07, 6.45) is -2.43. The summed E-state index contributed by atoms with van der Waals surface area (Å²) in [7, 11) is -0.924. The van der Waals surface area contributed by atoms with Gasteiger partial charge in [0.05, 0.1) is 0 Å². The molecule has 102 valence electrons. The molecule has 3 N–H and O–H groups in total. The summed E-state index contributed by atoms with van der Waals surface area (Å²) in [5.41, 5.74) is 4.11. The molecule has 0 spiro atoms. The van der Waals surface area contributed by atoms with Crippen LogP contribution in [0, 0.1) is 0 Å². The molecule has 0 fully saturated rings. The van der Waals surface area contributed by atoms with Gasteiger partial charge in [-0.05, 0) is 6.42 Å². The highest BCUT2D eigenvalue weighted by Crippen LogP contribution is 2.29. The smallest absolute Gasteiger partial charge is 0.370 e. The van der Waals surface area contributed by atoms with Crippen molar-refractivity contribution in [3.8, 4) is 0 Å². The molecule has 0 saturated carbocycles. The minimum absolute atomic E-state index is 0.0108. The molecule has 1 heterocycles. The van der Waals surface area contributed by atoms with Crippen LogP contribution in [0.3, 0.4) is 0 Å². The number of alkyl halides is 3. The van der Waals surface area contributed by atoms with Crippen molar-refractivity contribution < 1.29 is 17.4 Å². The second-order valence-corrected chi connectivity index (χ2v) is 5.11. The Labute approximate surface area is 104 Å². The Bertz CT molecular complexity index is 438. The van der Waals surface area contributed by atoms with Crippen LogP contribution in [0.1, 0.15) is 12.1 Å². The number of rotatable bonds is 5. The normalized spacial score (nSPS) is 13.3. The largest absolute Gasteiger partial charge is 0.433 e. The summed E-state index contributed by atoms with van der Waals surface area (Å²) in [4.78, 5) is 6.76. The molecule has 1 aromatic rings. The second kappa shape index (κ2) is 5.98. The molecule has 0 radical (unpaired) electrons. The lowest BCUT2D eigenvalue weighted by atomic mass is 10.3. The number of aromatic nitrogens is 2. The lowest BCUT2D eigenvalue weighted by molar-refractivity contribution is -0.141. The van der Waals surface area contributed by atoms with E-state index in [1.807, 2.05) is 0 Å². The van der Waals surface area contributed by atoms with Gasteiger partial charge in [0.2, 0.25) is 5.95 Å². The molecule has 0 bridgehead atoms. The summed E-state index contributed by atoms with van der Waals surface area (Å²) < 4.78 is 48.1. The molecule has 0 aromatic carbocycles. The van der Waals surface area contributed by atoms with Crippen LogP contribution in [0.5, 0.6) is 0 Å². The Morgan fingerprint density at radius 3 is 2.67 bits per heavy atom. The molecule has 0 amide bonds. The highest BCUT2D eigenvalue weighted by atomic mass is 32.2. The minimum Gasteiger partial charge on any atom is -0.370 e. The topological polar surface area (TPSA) is 80.9 Å². The van der Waals surface area contributed by atoms with Crippen molar-refractivity contribution in [2.75, 3.05) is 29.6 Å². The average molecular weight is 282 g/mol. The molecule has 0 saturated heterocycles. The number of anilines is 2. The number of nitrogens with one attached hydrogen (secondary N) is 1. The van der Waals surface area contributed by atoms with Crippen LogP contribution in [0.4, 0.5) is 24.9 Å². The first-order valence-corrected chi connectivity index (χ1v) is 6.77. The first kappa shape index (κ1) is 14.7. The lowest BCUT2D eigenvalue weighted by Crippen LogP contribution is -2.14. The van der Waals surface area contributed by atoms with E-state index < -0.39 is 28.6 Å². The summed E-state index contributed by atoms with van der Waals surface area (Å²) in [6, 6.07) is 0.791. The van der Waals surface area contributed by atoms with E-state index in [2.05, 4.69) is 15.3 Å². The zero-order valence-corrected chi connectivity index (χ0v) is 10.4. The van der Waals surface area contributed by atoms with Crippen LogP contribution in [-0.4, -0.2) is 32.7 Å². The maximum atomic E-state index is 12.4. The highest BCUT2D eigenvalue weighted by Gasteiger charge is 2.33. The molecule has 1 unspecified atom stereocenters. The van der Waals surface area contributed by atoms with Gasteiger partial charge in [0.15, 0.2) is 5.69 Å². The van der Waals surface area contributed by atoms with Gasteiger partial charge in [-0.2, -0.15) is 18.2 Å². The number of hydrogen-bond donors (Lipinski definition) is 2. The van der Waals surface area contributed by atoms with Crippen molar-refractivity contribution in [1.82, 2.24) is 9.97 Å². The molecule has 0 aliphatic heterocycles. The Morgan fingerprint density at radius 1 is 1.44 bits per heavy atom. The second-order valence-electron chi connectivity index (χ2n) is 3.55. The van der Waals surface area contributed by atoms with Crippen LogP contribution >= 0.6 is 0 Å². The zero-order valence-electron chi connectivity index (χ0n) is 9.62. The van der Waals surface area contributed by atoms with E-state index in [0.717, 1.165) is 6.07 Å². The van der Waals surface area contributed by atoms with E-state index in [-0.39, 0.29) is 5.82 Å². The summed E-state index contributed by atoms with van der Waals surface area (Å²) in [5, 5.41) is 2.69. The molecule has 9 heteroatoms. The predicted octanol–water partition coefficient (Wildman–Crippen LogP) is 1.26. The molecule has 0 aliphatic carbocycles. The third kappa shape index (κ3) is 4.86. The summed E-state index contributed by atoms with van der Waals surface area (Å²) in [6.45, 7) is 0.368.